The minimum Gasteiger partial charge on any atom is -0.481 e. The number of hydrogen-bond donors (Lipinski definition) is 1. The Kier molecular flexibility index (Phi) is 3.74. The quantitative estimate of drug-likeness (QED) is 0.933. The number of rotatable bonds is 3. The second-order valence-corrected chi connectivity index (χ2v) is 7.73. The average Bonchev–Trinajstić information content (AvgIpc) is 3.04. The van der Waals surface area contributed by atoms with E-state index in [0.717, 1.165) is 24.0 Å². The molecule has 124 valence electrons. The number of likely N-dealkylation sites (tertiary alicyclic amines) is 1. The first-order valence-electron chi connectivity index (χ1n) is 8.37. The molecule has 1 aliphatic heterocycles. The van der Waals surface area contributed by atoms with E-state index < -0.39 is 16.8 Å². The Labute approximate surface area is 137 Å². The minimum absolute atomic E-state index is 0.0383. The molecule has 2 atom stereocenters. The zero-order valence-corrected chi connectivity index (χ0v) is 14.1. The number of carboxylic acid groups (broad SMARTS) is 1. The number of aliphatic carboxylic acids is 1. The van der Waals surface area contributed by atoms with E-state index in [4.69, 9.17) is 0 Å². The summed E-state index contributed by atoms with van der Waals surface area (Å²) in [5.41, 5.74) is 0.803. The first-order valence-corrected chi connectivity index (χ1v) is 8.37. The van der Waals surface area contributed by atoms with Crippen molar-refractivity contribution >= 4 is 11.9 Å². The fourth-order valence-corrected chi connectivity index (χ4v) is 4.28. The van der Waals surface area contributed by atoms with E-state index >= 15 is 0 Å². The van der Waals surface area contributed by atoms with Gasteiger partial charge in [0.15, 0.2) is 0 Å². The van der Waals surface area contributed by atoms with Gasteiger partial charge in [0.2, 0.25) is 5.91 Å². The second-order valence-electron chi connectivity index (χ2n) is 7.73. The highest BCUT2D eigenvalue weighted by Gasteiger charge is 2.56. The predicted octanol–water partition coefficient (Wildman–Crippen LogP) is 2.99. The van der Waals surface area contributed by atoms with E-state index in [1.54, 1.807) is 4.90 Å². The summed E-state index contributed by atoms with van der Waals surface area (Å²) >= 11 is 0. The molecule has 0 aromatic heterocycles. The maximum atomic E-state index is 13.1. The van der Waals surface area contributed by atoms with Gasteiger partial charge in [0.05, 0.1) is 10.8 Å². The van der Waals surface area contributed by atoms with Crippen LogP contribution in [0.1, 0.15) is 44.2 Å². The van der Waals surface area contributed by atoms with Crippen LogP contribution in [0.3, 0.4) is 0 Å². The van der Waals surface area contributed by atoms with E-state index in [2.05, 4.69) is 0 Å². The van der Waals surface area contributed by atoms with Crippen LogP contribution in [0.4, 0.5) is 0 Å². The minimum atomic E-state index is -0.733. The summed E-state index contributed by atoms with van der Waals surface area (Å²) in [5, 5.41) is 9.69. The Bertz CT molecular complexity index is 635. The lowest BCUT2D eigenvalue weighted by molar-refractivity contribution is -0.149. The van der Waals surface area contributed by atoms with Crippen molar-refractivity contribution < 1.29 is 14.7 Å². The molecule has 0 bridgehead atoms. The summed E-state index contributed by atoms with van der Waals surface area (Å²) in [7, 11) is 0. The van der Waals surface area contributed by atoms with Crippen LogP contribution in [0.2, 0.25) is 0 Å². The molecule has 2 fully saturated rings. The molecule has 4 nitrogen and oxygen atoms in total. The highest BCUT2D eigenvalue weighted by atomic mass is 16.4. The molecular weight excluding hydrogens is 290 g/mol. The molecule has 1 aromatic rings. The normalized spacial score (nSPS) is 27.1. The number of fused-ring (bicyclic) bond motifs is 1. The van der Waals surface area contributed by atoms with Crippen molar-refractivity contribution in [2.45, 2.75) is 45.4 Å². The number of benzene rings is 1. The van der Waals surface area contributed by atoms with E-state index in [0.29, 0.717) is 19.5 Å². The molecule has 4 heteroatoms. The molecule has 1 amide bonds. The first-order chi connectivity index (χ1) is 10.8. The average molecular weight is 315 g/mol. The molecule has 1 N–H and O–H groups in total. The van der Waals surface area contributed by atoms with E-state index in [1.165, 1.54) is 0 Å². The Morgan fingerprint density at radius 1 is 1.26 bits per heavy atom. The maximum absolute atomic E-state index is 13.1. The summed E-state index contributed by atoms with van der Waals surface area (Å²) in [5.74, 6) is -0.586. The summed E-state index contributed by atoms with van der Waals surface area (Å²) in [6.07, 6.45) is 2.57. The first kappa shape index (κ1) is 16.0. The Balaban J connectivity index is 1.84. The largest absolute Gasteiger partial charge is 0.481 e. The molecule has 1 aromatic carbocycles. The third kappa shape index (κ3) is 2.44. The molecule has 1 saturated heterocycles. The van der Waals surface area contributed by atoms with Gasteiger partial charge in [0, 0.05) is 13.1 Å². The molecule has 1 aliphatic carbocycles. The van der Waals surface area contributed by atoms with Crippen LogP contribution in [0, 0.1) is 18.3 Å². The molecular formula is C19H25NO3. The Morgan fingerprint density at radius 3 is 2.48 bits per heavy atom. The fourth-order valence-electron chi connectivity index (χ4n) is 4.28. The lowest BCUT2D eigenvalue weighted by Gasteiger charge is -2.31. The van der Waals surface area contributed by atoms with Crippen LogP contribution in [-0.4, -0.2) is 35.0 Å². The summed E-state index contributed by atoms with van der Waals surface area (Å²) < 4.78 is 0. The lowest BCUT2D eigenvalue weighted by Crippen LogP contribution is -2.44. The van der Waals surface area contributed by atoms with Crippen LogP contribution >= 0.6 is 0 Å². The summed E-state index contributed by atoms with van der Waals surface area (Å²) in [6, 6.07) is 8.03. The standard InChI is InChI=1S/C19H25NO3/c1-13-6-8-14(9-7-13)18(2,3)16(21)20-11-15-5-4-10-19(15,12-20)17(22)23/h6-9,15H,4-5,10-12H2,1-3H3,(H,22,23)/t15-,19+/m0/s1. The van der Waals surface area contributed by atoms with Crippen LogP contribution in [0.15, 0.2) is 24.3 Å². The zero-order valence-electron chi connectivity index (χ0n) is 14.1. The SMILES string of the molecule is Cc1ccc(C(C)(C)C(=O)N2C[C@@H]3CCC[C@@]3(C(=O)O)C2)cc1. The van der Waals surface area contributed by atoms with Crippen LogP contribution < -0.4 is 0 Å². The highest BCUT2D eigenvalue weighted by Crippen LogP contribution is 2.49. The smallest absolute Gasteiger partial charge is 0.311 e. The van der Waals surface area contributed by atoms with E-state index in [-0.39, 0.29) is 11.8 Å². The molecule has 1 heterocycles. The Hall–Kier alpha value is -1.84. The van der Waals surface area contributed by atoms with Crippen molar-refractivity contribution in [1.82, 2.24) is 4.90 Å². The molecule has 0 spiro atoms. The van der Waals surface area contributed by atoms with Crippen molar-refractivity contribution in [3.8, 4) is 0 Å². The van der Waals surface area contributed by atoms with Gasteiger partial charge in [-0.1, -0.05) is 36.2 Å². The Morgan fingerprint density at radius 2 is 1.91 bits per heavy atom. The lowest BCUT2D eigenvalue weighted by atomic mass is 9.81. The van der Waals surface area contributed by atoms with Crippen molar-refractivity contribution in [3.63, 3.8) is 0 Å². The van der Waals surface area contributed by atoms with Gasteiger partial charge in [0.1, 0.15) is 0 Å². The molecule has 0 unspecified atom stereocenters. The number of nitrogens with zero attached hydrogens (tertiary/aromatic N) is 1. The van der Waals surface area contributed by atoms with Crippen molar-refractivity contribution in [3.05, 3.63) is 35.4 Å². The van der Waals surface area contributed by atoms with Gasteiger partial charge in [-0.05, 0) is 45.1 Å². The van der Waals surface area contributed by atoms with Crippen LogP contribution in [-0.2, 0) is 15.0 Å². The molecule has 2 aliphatic rings. The monoisotopic (exact) mass is 315 g/mol. The van der Waals surface area contributed by atoms with Gasteiger partial charge in [-0.25, -0.2) is 0 Å². The number of carboxylic acids is 1. The van der Waals surface area contributed by atoms with Crippen LogP contribution in [0.5, 0.6) is 0 Å². The second kappa shape index (κ2) is 5.36. The van der Waals surface area contributed by atoms with Gasteiger partial charge in [0.25, 0.3) is 0 Å². The van der Waals surface area contributed by atoms with Gasteiger partial charge in [-0.2, -0.15) is 0 Å². The number of carbonyl (C=O) groups excluding carboxylic acids is 1. The van der Waals surface area contributed by atoms with Gasteiger partial charge in [-0.3, -0.25) is 9.59 Å². The zero-order chi connectivity index (χ0) is 16.8. The van der Waals surface area contributed by atoms with E-state index in [1.807, 2.05) is 45.0 Å². The predicted molar refractivity (Wildman–Crippen MR) is 88.2 cm³/mol. The molecule has 3 rings (SSSR count). The molecule has 23 heavy (non-hydrogen) atoms. The van der Waals surface area contributed by atoms with Crippen molar-refractivity contribution in [2.75, 3.05) is 13.1 Å². The van der Waals surface area contributed by atoms with E-state index in [9.17, 15) is 14.7 Å². The van der Waals surface area contributed by atoms with Gasteiger partial charge >= 0.3 is 5.97 Å². The van der Waals surface area contributed by atoms with Gasteiger partial charge in [-0.15, -0.1) is 0 Å². The molecule has 1 saturated carbocycles. The third-order valence-electron chi connectivity index (χ3n) is 5.89. The highest BCUT2D eigenvalue weighted by molar-refractivity contribution is 5.89. The maximum Gasteiger partial charge on any atom is 0.311 e. The van der Waals surface area contributed by atoms with Gasteiger partial charge < -0.3 is 10.0 Å². The van der Waals surface area contributed by atoms with Crippen molar-refractivity contribution in [1.29, 1.82) is 0 Å². The number of aryl methyl sites for hydroxylation is 1. The topological polar surface area (TPSA) is 57.6 Å². The summed E-state index contributed by atoms with van der Waals surface area (Å²) in [6.45, 7) is 6.83. The number of hydrogen-bond acceptors (Lipinski definition) is 2. The van der Waals surface area contributed by atoms with Crippen molar-refractivity contribution in [2.24, 2.45) is 11.3 Å². The number of amides is 1. The summed E-state index contributed by atoms with van der Waals surface area (Å²) in [4.78, 5) is 26.7. The molecule has 0 radical (unpaired) electrons. The van der Waals surface area contributed by atoms with Crippen LogP contribution in [0.25, 0.3) is 0 Å². The number of carbonyl (C=O) groups is 2. The fraction of sp³-hybridized carbons (Fsp3) is 0.579. The third-order valence-corrected chi connectivity index (χ3v) is 5.89.